The largest absolute Gasteiger partial charge is 0.462 e. The van der Waals surface area contributed by atoms with E-state index in [0.29, 0.717) is 15.4 Å². The van der Waals surface area contributed by atoms with Gasteiger partial charge in [0.1, 0.15) is 9.80 Å². The van der Waals surface area contributed by atoms with Crippen LogP contribution in [0.4, 0.5) is 10.9 Å². The van der Waals surface area contributed by atoms with Gasteiger partial charge in [-0.05, 0) is 31.5 Å². The van der Waals surface area contributed by atoms with Crippen LogP contribution in [0.1, 0.15) is 32.7 Å². The first-order valence-electron chi connectivity index (χ1n) is 6.25. The maximum atomic E-state index is 11.9. The normalized spacial score (nSPS) is 10.3. The van der Waals surface area contributed by atoms with Crippen LogP contribution in [0.2, 0.25) is 0 Å². The monoisotopic (exact) mass is 324 g/mol. The van der Waals surface area contributed by atoms with Gasteiger partial charge in [-0.15, -0.1) is 11.3 Å². The van der Waals surface area contributed by atoms with Crippen molar-refractivity contribution >= 4 is 34.1 Å². The minimum Gasteiger partial charge on any atom is -0.462 e. The molecule has 0 aliphatic carbocycles. The summed E-state index contributed by atoms with van der Waals surface area (Å²) in [5.41, 5.74) is 0.671. The van der Waals surface area contributed by atoms with E-state index in [2.05, 4.69) is 5.32 Å². The lowest BCUT2D eigenvalue weighted by Gasteiger charge is -1.99. The number of furan rings is 1. The minimum absolute atomic E-state index is 0.185. The molecular formula is C13H12N2O6S. The Labute approximate surface area is 128 Å². The van der Waals surface area contributed by atoms with Gasteiger partial charge >= 0.3 is 11.9 Å². The lowest BCUT2D eigenvalue weighted by Crippen LogP contribution is -2.09. The summed E-state index contributed by atoms with van der Waals surface area (Å²) in [6, 6.07) is 3.92. The van der Waals surface area contributed by atoms with Crippen LogP contribution < -0.4 is 5.32 Å². The first-order valence-corrected chi connectivity index (χ1v) is 7.07. The van der Waals surface area contributed by atoms with Crippen molar-refractivity contribution in [2.75, 3.05) is 11.9 Å². The number of carbonyl (C=O) groups excluding carboxylic acids is 2. The Balaban J connectivity index is 2.13. The van der Waals surface area contributed by atoms with Crippen molar-refractivity contribution in [3.05, 3.63) is 44.5 Å². The number of nitro groups is 1. The Hall–Kier alpha value is -2.68. The number of rotatable bonds is 5. The van der Waals surface area contributed by atoms with Crippen molar-refractivity contribution in [3.63, 3.8) is 0 Å². The Morgan fingerprint density at radius 3 is 2.77 bits per heavy atom. The van der Waals surface area contributed by atoms with Crippen LogP contribution in [0.3, 0.4) is 0 Å². The van der Waals surface area contributed by atoms with Crippen molar-refractivity contribution in [3.8, 4) is 0 Å². The van der Waals surface area contributed by atoms with E-state index in [1.807, 2.05) is 0 Å². The van der Waals surface area contributed by atoms with E-state index in [1.165, 1.54) is 6.07 Å². The van der Waals surface area contributed by atoms with Crippen LogP contribution >= 0.6 is 11.3 Å². The molecule has 0 atom stereocenters. The molecule has 2 rings (SSSR count). The second kappa shape index (κ2) is 6.39. The van der Waals surface area contributed by atoms with E-state index in [-0.39, 0.29) is 12.4 Å². The van der Waals surface area contributed by atoms with Crippen molar-refractivity contribution < 1.29 is 23.7 Å². The molecule has 0 unspecified atom stereocenters. The molecule has 0 saturated heterocycles. The second-order valence-electron chi connectivity index (χ2n) is 4.19. The van der Waals surface area contributed by atoms with Crippen LogP contribution in [0.15, 0.2) is 22.6 Å². The maximum absolute atomic E-state index is 11.9. The molecule has 0 aromatic carbocycles. The summed E-state index contributed by atoms with van der Waals surface area (Å²) in [6.07, 6.45) is 0. The van der Waals surface area contributed by atoms with Crippen LogP contribution in [0.5, 0.6) is 0 Å². The van der Waals surface area contributed by atoms with Gasteiger partial charge in [0, 0.05) is 0 Å². The zero-order valence-corrected chi connectivity index (χ0v) is 12.6. The van der Waals surface area contributed by atoms with E-state index in [4.69, 9.17) is 9.15 Å². The van der Waals surface area contributed by atoms with Gasteiger partial charge in [-0.1, -0.05) is 0 Å². The number of amides is 1. The topological polar surface area (TPSA) is 112 Å². The highest BCUT2D eigenvalue weighted by molar-refractivity contribution is 7.18. The molecule has 9 heteroatoms. The predicted octanol–water partition coefficient (Wildman–Crippen LogP) is 2.99. The Kier molecular flexibility index (Phi) is 4.56. The average Bonchev–Trinajstić information content (AvgIpc) is 3.06. The first-order chi connectivity index (χ1) is 10.4. The number of hydrogen-bond donors (Lipinski definition) is 1. The molecule has 22 heavy (non-hydrogen) atoms. The molecule has 0 bridgehead atoms. The number of anilines is 1. The fraction of sp³-hybridized carbons (Fsp3) is 0.231. The van der Waals surface area contributed by atoms with Crippen LogP contribution in [-0.2, 0) is 4.74 Å². The first kappa shape index (κ1) is 15.7. The molecule has 2 aromatic heterocycles. The van der Waals surface area contributed by atoms with Gasteiger partial charge in [0.05, 0.1) is 17.7 Å². The van der Waals surface area contributed by atoms with Gasteiger partial charge < -0.3 is 14.5 Å². The van der Waals surface area contributed by atoms with Gasteiger partial charge in [-0.2, -0.15) is 0 Å². The molecule has 0 fully saturated rings. The standard InChI is InChI=1S/C13H12N2O6S/c1-3-20-13(17)11-7(2)6-9(22-11)14-12(16)8-4-5-10(21-8)15(18)19/h4-6H,3H2,1-2H3,(H,14,16). The predicted molar refractivity (Wildman–Crippen MR) is 78.3 cm³/mol. The average molecular weight is 324 g/mol. The number of thiophene rings is 1. The highest BCUT2D eigenvalue weighted by Gasteiger charge is 2.20. The third-order valence-electron chi connectivity index (χ3n) is 2.61. The van der Waals surface area contributed by atoms with Gasteiger partial charge in [0.2, 0.25) is 0 Å². The molecule has 1 N–H and O–H groups in total. The second-order valence-corrected chi connectivity index (χ2v) is 5.24. The van der Waals surface area contributed by atoms with Gasteiger partial charge in [0.25, 0.3) is 5.91 Å². The Morgan fingerprint density at radius 2 is 2.18 bits per heavy atom. The quantitative estimate of drug-likeness (QED) is 0.514. The summed E-state index contributed by atoms with van der Waals surface area (Å²) in [6.45, 7) is 3.68. The minimum atomic E-state index is -0.731. The number of carbonyl (C=O) groups is 2. The van der Waals surface area contributed by atoms with E-state index >= 15 is 0 Å². The number of ether oxygens (including phenoxy) is 1. The van der Waals surface area contributed by atoms with Crippen molar-refractivity contribution in [1.29, 1.82) is 0 Å². The number of aryl methyl sites for hydroxylation is 1. The zero-order valence-electron chi connectivity index (χ0n) is 11.7. The molecule has 0 aliphatic rings. The lowest BCUT2D eigenvalue weighted by atomic mass is 10.3. The summed E-state index contributed by atoms with van der Waals surface area (Å²) in [5.74, 6) is -1.79. The highest BCUT2D eigenvalue weighted by atomic mass is 32.1. The van der Waals surface area contributed by atoms with Crippen LogP contribution in [-0.4, -0.2) is 23.4 Å². The Morgan fingerprint density at radius 1 is 1.45 bits per heavy atom. The fourth-order valence-corrected chi connectivity index (χ4v) is 2.63. The molecule has 116 valence electrons. The number of nitrogens with zero attached hydrogens (tertiary/aromatic N) is 1. The molecule has 0 saturated carbocycles. The van der Waals surface area contributed by atoms with Crippen molar-refractivity contribution in [1.82, 2.24) is 0 Å². The van der Waals surface area contributed by atoms with E-state index in [1.54, 1.807) is 19.9 Å². The molecular weight excluding hydrogens is 312 g/mol. The summed E-state index contributed by atoms with van der Waals surface area (Å²) < 4.78 is 9.71. The zero-order chi connectivity index (χ0) is 16.3. The smallest absolute Gasteiger partial charge is 0.433 e. The summed E-state index contributed by atoms with van der Waals surface area (Å²) in [4.78, 5) is 33.8. The van der Waals surface area contributed by atoms with Gasteiger partial charge in [0.15, 0.2) is 5.76 Å². The molecule has 2 heterocycles. The maximum Gasteiger partial charge on any atom is 0.433 e. The number of esters is 1. The van der Waals surface area contributed by atoms with Crippen molar-refractivity contribution in [2.24, 2.45) is 0 Å². The Bertz CT molecular complexity index is 733. The third kappa shape index (κ3) is 3.31. The highest BCUT2D eigenvalue weighted by Crippen LogP contribution is 2.28. The van der Waals surface area contributed by atoms with Gasteiger partial charge in [-0.25, -0.2) is 4.79 Å². The SMILES string of the molecule is CCOC(=O)c1sc(NC(=O)c2ccc([N+](=O)[O-])o2)cc1C. The molecule has 2 aromatic rings. The molecule has 0 aliphatic heterocycles. The molecule has 0 spiro atoms. The number of hydrogen-bond acceptors (Lipinski definition) is 7. The van der Waals surface area contributed by atoms with Crippen LogP contribution in [0, 0.1) is 17.0 Å². The fourth-order valence-electron chi connectivity index (χ4n) is 1.66. The molecule has 1 amide bonds. The van der Waals surface area contributed by atoms with Gasteiger partial charge in [-0.3, -0.25) is 14.9 Å². The molecule has 0 radical (unpaired) electrons. The number of nitrogens with one attached hydrogen (secondary N) is 1. The summed E-state index contributed by atoms with van der Waals surface area (Å²) >= 11 is 1.06. The van der Waals surface area contributed by atoms with E-state index < -0.39 is 22.7 Å². The third-order valence-corrected chi connectivity index (χ3v) is 3.74. The van der Waals surface area contributed by atoms with E-state index in [0.717, 1.165) is 17.4 Å². The summed E-state index contributed by atoms with van der Waals surface area (Å²) in [7, 11) is 0. The van der Waals surface area contributed by atoms with Crippen LogP contribution in [0.25, 0.3) is 0 Å². The van der Waals surface area contributed by atoms with Crippen molar-refractivity contribution in [2.45, 2.75) is 13.8 Å². The van der Waals surface area contributed by atoms with E-state index in [9.17, 15) is 19.7 Å². The lowest BCUT2D eigenvalue weighted by molar-refractivity contribution is -0.402. The molecule has 8 nitrogen and oxygen atoms in total. The summed E-state index contributed by atoms with van der Waals surface area (Å²) in [5, 5.41) is 13.5.